The van der Waals surface area contributed by atoms with E-state index in [-0.39, 0.29) is 36.2 Å². The van der Waals surface area contributed by atoms with Crippen LogP contribution in [0.5, 0.6) is 0 Å². The molecule has 0 aromatic carbocycles. The smallest absolute Gasteiger partial charge is 0.354 e. The second kappa shape index (κ2) is 7.19. The number of alkyl halides is 3. The number of hydrogen-bond acceptors (Lipinski definition) is 5. The maximum absolute atomic E-state index is 11.7. The Morgan fingerprint density at radius 1 is 1.44 bits per heavy atom. The van der Waals surface area contributed by atoms with E-state index in [1.54, 1.807) is 0 Å². The minimum absolute atomic E-state index is 0.0585. The molecule has 0 fully saturated rings. The number of sulfone groups is 1. The number of nitrogens with two attached hydrogens (primary N) is 1. The van der Waals surface area contributed by atoms with E-state index in [1.807, 2.05) is 0 Å². The van der Waals surface area contributed by atoms with Crippen LogP contribution in [-0.4, -0.2) is 50.2 Å². The molecule has 0 saturated carbocycles. The molecular formula is C8H15F3N2O3S2. The van der Waals surface area contributed by atoms with Gasteiger partial charge in [0.05, 0.1) is 11.8 Å². The van der Waals surface area contributed by atoms with Crippen molar-refractivity contribution in [2.24, 2.45) is 5.73 Å². The van der Waals surface area contributed by atoms with Crippen LogP contribution in [0.2, 0.25) is 0 Å². The lowest BCUT2D eigenvalue weighted by molar-refractivity contribution is -0.122. The fraction of sp³-hybridized carbons (Fsp3) is 0.875. The quantitative estimate of drug-likeness (QED) is 0.652. The van der Waals surface area contributed by atoms with Crippen LogP contribution in [0, 0.1) is 0 Å². The molecule has 0 saturated heterocycles. The van der Waals surface area contributed by atoms with Gasteiger partial charge in [0.25, 0.3) is 0 Å². The molecule has 0 aliphatic rings. The average molecular weight is 308 g/mol. The van der Waals surface area contributed by atoms with E-state index < -0.39 is 27.3 Å². The highest BCUT2D eigenvalue weighted by atomic mass is 32.2. The zero-order valence-electron chi connectivity index (χ0n) is 9.66. The molecule has 5 nitrogen and oxygen atoms in total. The number of amides is 1. The summed E-state index contributed by atoms with van der Waals surface area (Å²) in [6, 6.07) is -1.03. The Hall–Kier alpha value is -0.480. The van der Waals surface area contributed by atoms with Gasteiger partial charge in [-0.25, -0.2) is 8.42 Å². The number of thioether (sulfide) groups is 1. The van der Waals surface area contributed by atoms with E-state index in [2.05, 4.69) is 5.32 Å². The first-order valence-corrected chi connectivity index (χ1v) is 7.97. The molecule has 0 radical (unpaired) electrons. The van der Waals surface area contributed by atoms with Crippen LogP contribution in [0.15, 0.2) is 0 Å². The lowest BCUT2D eigenvalue weighted by Crippen LogP contribution is -2.42. The van der Waals surface area contributed by atoms with E-state index >= 15 is 0 Å². The predicted octanol–water partition coefficient (Wildman–Crippen LogP) is 0.118. The van der Waals surface area contributed by atoms with Crippen molar-refractivity contribution in [3.63, 3.8) is 0 Å². The molecule has 0 spiro atoms. The van der Waals surface area contributed by atoms with Crippen molar-refractivity contribution in [3.05, 3.63) is 0 Å². The third-order valence-electron chi connectivity index (χ3n) is 1.80. The number of nitrogens with one attached hydrogen (secondary N) is 1. The van der Waals surface area contributed by atoms with Gasteiger partial charge in [0.1, 0.15) is 9.84 Å². The maximum Gasteiger partial charge on any atom is 0.441 e. The van der Waals surface area contributed by atoms with Crippen LogP contribution in [0.1, 0.15) is 6.42 Å². The van der Waals surface area contributed by atoms with E-state index in [9.17, 15) is 26.4 Å². The van der Waals surface area contributed by atoms with Crippen molar-refractivity contribution in [2.75, 3.05) is 24.3 Å². The number of carbonyl (C=O) groups is 1. The van der Waals surface area contributed by atoms with Gasteiger partial charge in [0, 0.05) is 18.6 Å². The zero-order valence-corrected chi connectivity index (χ0v) is 11.3. The van der Waals surface area contributed by atoms with Gasteiger partial charge in [0.15, 0.2) is 0 Å². The summed E-state index contributed by atoms with van der Waals surface area (Å²) < 4.78 is 56.9. The minimum atomic E-state index is -4.33. The SMILES string of the molecule is CS(=O)(=O)CCC(N)C(=O)NCCSC(F)(F)F. The number of rotatable bonds is 7. The van der Waals surface area contributed by atoms with Crippen molar-refractivity contribution in [3.8, 4) is 0 Å². The summed E-state index contributed by atoms with van der Waals surface area (Å²) in [5.74, 6) is -1.20. The Kier molecular flexibility index (Phi) is 7.00. The molecule has 108 valence electrons. The molecule has 10 heteroatoms. The molecular weight excluding hydrogens is 293 g/mol. The molecule has 0 aliphatic heterocycles. The zero-order chi connectivity index (χ0) is 14.4. The largest absolute Gasteiger partial charge is 0.441 e. The molecule has 0 rings (SSSR count). The lowest BCUT2D eigenvalue weighted by atomic mass is 10.2. The van der Waals surface area contributed by atoms with Crippen LogP contribution < -0.4 is 11.1 Å². The van der Waals surface area contributed by atoms with E-state index in [4.69, 9.17) is 5.73 Å². The second-order valence-corrected chi connectivity index (χ2v) is 7.03. The van der Waals surface area contributed by atoms with Crippen molar-refractivity contribution in [1.29, 1.82) is 0 Å². The highest BCUT2D eigenvalue weighted by Crippen LogP contribution is 2.29. The molecule has 18 heavy (non-hydrogen) atoms. The molecule has 0 heterocycles. The monoisotopic (exact) mass is 308 g/mol. The third kappa shape index (κ3) is 10.7. The molecule has 0 aromatic rings. The maximum atomic E-state index is 11.7. The molecule has 0 aromatic heterocycles. The Morgan fingerprint density at radius 3 is 2.44 bits per heavy atom. The third-order valence-corrected chi connectivity index (χ3v) is 3.52. The topological polar surface area (TPSA) is 89.3 Å². The van der Waals surface area contributed by atoms with Gasteiger partial charge in [-0.05, 0) is 18.2 Å². The second-order valence-electron chi connectivity index (χ2n) is 3.61. The van der Waals surface area contributed by atoms with Crippen molar-refractivity contribution < 1.29 is 26.4 Å². The van der Waals surface area contributed by atoms with E-state index in [1.165, 1.54) is 0 Å². The highest BCUT2D eigenvalue weighted by Gasteiger charge is 2.27. The van der Waals surface area contributed by atoms with Crippen molar-refractivity contribution >= 4 is 27.5 Å². The number of hydrogen-bond donors (Lipinski definition) is 2. The minimum Gasteiger partial charge on any atom is -0.354 e. The molecule has 3 N–H and O–H groups in total. The van der Waals surface area contributed by atoms with Gasteiger partial charge < -0.3 is 11.1 Å². The summed E-state index contributed by atoms with van der Waals surface area (Å²) in [7, 11) is -3.21. The summed E-state index contributed by atoms with van der Waals surface area (Å²) in [6.07, 6.45) is 0.953. The normalized spacial score (nSPS) is 14.3. The molecule has 1 amide bonds. The van der Waals surface area contributed by atoms with E-state index in [0.717, 1.165) is 6.26 Å². The average Bonchev–Trinajstić information content (AvgIpc) is 2.18. The lowest BCUT2D eigenvalue weighted by Gasteiger charge is -2.12. The van der Waals surface area contributed by atoms with Gasteiger partial charge in [0.2, 0.25) is 5.91 Å². The van der Waals surface area contributed by atoms with Crippen LogP contribution in [-0.2, 0) is 14.6 Å². The molecule has 1 atom stereocenters. The number of halogens is 3. The van der Waals surface area contributed by atoms with E-state index in [0.29, 0.717) is 0 Å². The van der Waals surface area contributed by atoms with Gasteiger partial charge in [-0.2, -0.15) is 13.2 Å². The Bertz CT molecular complexity index is 370. The van der Waals surface area contributed by atoms with Crippen LogP contribution in [0.25, 0.3) is 0 Å². The van der Waals surface area contributed by atoms with Crippen LogP contribution in [0.3, 0.4) is 0 Å². The molecule has 0 aliphatic carbocycles. The Morgan fingerprint density at radius 2 is 2.00 bits per heavy atom. The Balaban J connectivity index is 3.82. The summed E-state index contributed by atoms with van der Waals surface area (Å²) >= 11 is -0.247. The first kappa shape index (κ1) is 17.5. The first-order valence-electron chi connectivity index (χ1n) is 4.93. The molecule has 1 unspecified atom stereocenters. The summed E-state index contributed by atoms with van der Waals surface area (Å²) in [4.78, 5) is 11.3. The van der Waals surface area contributed by atoms with Crippen molar-refractivity contribution in [1.82, 2.24) is 5.32 Å². The fourth-order valence-electron chi connectivity index (χ4n) is 0.944. The van der Waals surface area contributed by atoms with Crippen LogP contribution >= 0.6 is 11.8 Å². The Labute approximate surface area is 108 Å². The standard InChI is InChI=1S/C8H15F3N2O3S2/c1-18(15,16)5-2-6(12)7(14)13-3-4-17-8(9,10)11/h6H,2-5,12H2,1H3,(H,13,14). The first-order chi connectivity index (χ1) is 8.01. The highest BCUT2D eigenvalue weighted by molar-refractivity contribution is 8.00. The molecule has 0 bridgehead atoms. The summed E-state index contributed by atoms with van der Waals surface area (Å²) in [5, 5.41) is 2.21. The number of carbonyl (C=O) groups excluding carboxylic acids is 1. The summed E-state index contributed by atoms with van der Waals surface area (Å²) in [6.45, 7) is -0.171. The summed E-state index contributed by atoms with van der Waals surface area (Å²) in [5.41, 5.74) is 1.06. The van der Waals surface area contributed by atoms with Gasteiger partial charge in [-0.1, -0.05) is 0 Å². The van der Waals surface area contributed by atoms with Crippen LogP contribution in [0.4, 0.5) is 13.2 Å². The predicted molar refractivity (Wildman–Crippen MR) is 63.8 cm³/mol. The van der Waals surface area contributed by atoms with Gasteiger partial charge >= 0.3 is 5.51 Å². The van der Waals surface area contributed by atoms with Gasteiger partial charge in [-0.3, -0.25) is 4.79 Å². The fourth-order valence-corrected chi connectivity index (χ4v) is 2.06. The van der Waals surface area contributed by atoms with Crippen molar-refractivity contribution in [2.45, 2.75) is 18.0 Å². The van der Waals surface area contributed by atoms with Gasteiger partial charge in [-0.15, -0.1) is 0 Å².